The molecule has 0 saturated heterocycles. The van der Waals surface area contributed by atoms with Gasteiger partial charge in [-0.2, -0.15) is 0 Å². The zero-order chi connectivity index (χ0) is 8.27. The van der Waals surface area contributed by atoms with Crippen LogP contribution in [0.25, 0.3) is 0 Å². The predicted octanol–water partition coefficient (Wildman–Crippen LogP) is -1.14. The molecule has 0 aliphatic heterocycles. The second-order valence-electron chi connectivity index (χ2n) is 2.67. The smallest absolute Gasteiger partial charge is 0.139 e. The van der Waals surface area contributed by atoms with Crippen LogP contribution in [0.3, 0.4) is 0 Å². The Labute approximate surface area is 68.0 Å². The summed E-state index contributed by atoms with van der Waals surface area (Å²) in [6.07, 6.45) is 0. The molecule has 4 N–H and O–H groups in total. The van der Waals surface area contributed by atoms with E-state index in [1.54, 1.807) is 0 Å². The number of nitrogens with two attached hydrogens (primary N) is 2. The Hall–Kier alpha value is -0.795. The van der Waals surface area contributed by atoms with Crippen LogP contribution in [0.1, 0.15) is 11.1 Å². The largest absolute Gasteiger partial charge is 0.327 e. The van der Waals surface area contributed by atoms with Gasteiger partial charge in [0.2, 0.25) is 0 Å². The number of hydrogen-bond acceptors (Lipinski definition) is 2. The van der Waals surface area contributed by atoms with E-state index in [-0.39, 0.29) is 0 Å². The highest BCUT2D eigenvalue weighted by Gasteiger charge is 1.95. The zero-order valence-corrected chi connectivity index (χ0v) is 6.80. The second-order valence-corrected chi connectivity index (χ2v) is 2.67. The van der Waals surface area contributed by atoms with Crippen molar-refractivity contribution < 1.29 is 0 Å². The first-order valence-electron chi connectivity index (χ1n) is 3.76. The minimum atomic E-state index is 0.603. The average Bonchev–Trinajstić information content (AvgIpc) is 2.04. The summed E-state index contributed by atoms with van der Waals surface area (Å²) >= 11 is 0. The molecule has 0 fully saturated rings. The van der Waals surface area contributed by atoms with Gasteiger partial charge in [-0.15, -0.1) is 0 Å². The zero-order valence-electron chi connectivity index (χ0n) is 6.80. The average molecular weight is 148 g/mol. The monoisotopic (exact) mass is 148 g/mol. The summed E-state index contributed by atoms with van der Waals surface area (Å²) < 4.78 is 0. The maximum atomic E-state index is 5.51. The van der Waals surface area contributed by atoms with E-state index in [1.807, 2.05) is 12.1 Å². The maximum Gasteiger partial charge on any atom is 0.139 e. The lowest BCUT2D eigenvalue weighted by atomic mass is 9.89. The van der Waals surface area contributed by atoms with Crippen molar-refractivity contribution >= 4 is 13.3 Å². The molecule has 0 spiro atoms. The van der Waals surface area contributed by atoms with Crippen molar-refractivity contribution in [3.8, 4) is 0 Å². The van der Waals surface area contributed by atoms with Crippen LogP contribution in [-0.4, -0.2) is 7.85 Å². The first kappa shape index (κ1) is 8.30. The lowest BCUT2D eigenvalue weighted by Gasteiger charge is -2.04. The molecule has 0 saturated carbocycles. The van der Waals surface area contributed by atoms with Gasteiger partial charge in [0.25, 0.3) is 0 Å². The quantitative estimate of drug-likeness (QED) is 0.521. The summed E-state index contributed by atoms with van der Waals surface area (Å²) in [6.45, 7) is 1.21. The highest BCUT2D eigenvalue weighted by Crippen LogP contribution is 1.98. The van der Waals surface area contributed by atoms with E-state index in [4.69, 9.17) is 11.5 Å². The fraction of sp³-hybridized carbons (Fsp3) is 0.250. The van der Waals surface area contributed by atoms with Gasteiger partial charge in [0.1, 0.15) is 7.85 Å². The third-order valence-electron chi connectivity index (χ3n) is 1.86. The topological polar surface area (TPSA) is 52.0 Å². The minimum Gasteiger partial charge on any atom is -0.327 e. The molecule has 0 bridgehead atoms. The Balaban J connectivity index is 2.99. The molecule has 2 nitrogen and oxygen atoms in total. The molecule has 0 amide bonds. The summed E-state index contributed by atoms with van der Waals surface area (Å²) in [5, 5.41) is 0. The third-order valence-corrected chi connectivity index (χ3v) is 1.86. The van der Waals surface area contributed by atoms with Crippen LogP contribution in [0.5, 0.6) is 0 Å². The van der Waals surface area contributed by atoms with E-state index in [2.05, 4.69) is 13.9 Å². The molecule has 0 aliphatic rings. The number of rotatable bonds is 2. The molecule has 0 radical (unpaired) electrons. The number of hydrogen-bond donors (Lipinski definition) is 2. The first-order chi connectivity index (χ1) is 5.27. The summed E-state index contributed by atoms with van der Waals surface area (Å²) in [6, 6.07) is 6.15. The molecule has 58 valence electrons. The summed E-state index contributed by atoms with van der Waals surface area (Å²) in [4.78, 5) is 0. The molecule has 0 aromatic heterocycles. The van der Waals surface area contributed by atoms with Crippen molar-refractivity contribution in [3.63, 3.8) is 0 Å². The van der Waals surface area contributed by atoms with Gasteiger partial charge in [0.05, 0.1) is 0 Å². The van der Waals surface area contributed by atoms with Gasteiger partial charge in [0.15, 0.2) is 0 Å². The standard InChI is InChI=1S/C8H13BN2/c9-8-3-6(4-10)1-2-7(8)5-11/h1-3H,4-5,9-11H2. The number of benzene rings is 1. The lowest BCUT2D eigenvalue weighted by molar-refractivity contribution is 1.05. The third kappa shape index (κ3) is 1.82. The molecule has 0 atom stereocenters. The molecule has 0 heterocycles. The van der Waals surface area contributed by atoms with E-state index >= 15 is 0 Å². The molecular weight excluding hydrogens is 135 g/mol. The SMILES string of the molecule is Bc1cc(CN)ccc1CN. The minimum absolute atomic E-state index is 0.603. The van der Waals surface area contributed by atoms with Gasteiger partial charge in [-0.1, -0.05) is 23.7 Å². The van der Waals surface area contributed by atoms with Crippen molar-refractivity contribution in [1.82, 2.24) is 0 Å². The Morgan fingerprint density at radius 2 is 1.91 bits per heavy atom. The van der Waals surface area contributed by atoms with Gasteiger partial charge >= 0.3 is 0 Å². The molecular formula is C8H13BN2. The van der Waals surface area contributed by atoms with E-state index in [0.29, 0.717) is 13.1 Å². The second kappa shape index (κ2) is 3.55. The summed E-state index contributed by atoms with van der Waals surface area (Å²) in [5.74, 6) is 0. The van der Waals surface area contributed by atoms with Crippen molar-refractivity contribution in [2.45, 2.75) is 13.1 Å². The van der Waals surface area contributed by atoms with Crippen LogP contribution < -0.4 is 16.9 Å². The van der Waals surface area contributed by atoms with Crippen LogP contribution in [0.15, 0.2) is 18.2 Å². The van der Waals surface area contributed by atoms with E-state index in [0.717, 1.165) is 0 Å². The molecule has 3 heteroatoms. The highest BCUT2D eigenvalue weighted by molar-refractivity contribution is 6.33. The van der Waals surface area contributed by atoms with E-state index in [1.165, 1.54) is 16.6 Å². The Kier molecular flexibility index (Phi) is 2.68. The summed E-state index contributed by atoms with van der Waals surface area (Å²) in [7, 11) is 2.06. The molecule has 1 aromatic carbocycles. The molecule has 0 aliphatic carbocycles. The van der Waals surface area contributed by atoms with E-state index < -0.39 is 0 Å². The fourth-order valence-electron chi connectivity index (χ4n) is 1.11. The molecule has 1 rings (SSSR count). The fourth-order valence-corrected chi connectivity index (χ4v) is 1.11. The van der Waals surface area contributed by atoms with Crippen LogP contribution in [0.4, 0.5) is 0 Å². The van der Waals surface area contributed by atoms with Crippen LogP contribution in [0, 0.1) is 0 Å². The molecule has 0 unspecified atom stereocenters. The summed E-state index contributed by atoms with van der Waals surface area (Å²) in [5.41, 5.74) is 14.6. The lowest BCUT2D eigenvalue weighted by Crippen LogP contribution is -2.15. The van der Waals surface area contributed by atoms with Gasteiger partial charge in [-0.05, 0) is 11.1 Å². The van der Waals surface area contributed by atoms with Crippen molar-refractivity contribution in [3.05, 3.63) is 29.3 Å². The first-order valence-corrected chi connectivity index (χ1v) is 3.76. The predicted molar refractivity (Wildman–Crippen MR) is 50.4 cm³/mol. The molecule has 1 aromatic rings. The van der Waals surface area contributed by atoms with Crippen LogP contribution >= 0.6 is 0 Å². The highest BCUT2D eigenvalue weighted by atomic mass is 14.5. The maximum absolute atomic E-state index is 5.51. The van der Waals surface area contributed by atoms with Gasteiger partial charge < -0.3 is 11.5 Å². The Bertz CT molecular complexity index is 248. The van der Waals surface area contributed by atoms with Gasteiger partial charge in [-0.3, -0.25) is 0 Å². The van der Waals surface area contributed by atoms with E-state index in [9.17, 15) is 0 Å². The molecule has 11 heavy (non-hydrogen) atoms. The van der Waals surface area contributed by atoms with Crippen molar-refractivity contribution in [2.75, 3.05) is 0 Å². The normalized spacial score (nSPS) is 10.0. The Morgan fingerprint density at radius 3 is 2.36 bits per heavy atom. The van der Waals surface area contributed by atoms with Crippen LogP contribution in [-0.2, 0) is 13.1 Å². The Morgan fingerprint density at radius 1 is 1.18 bits per heavy atom. The van der Waals surface area contributed by atoms with Crippen molar-refractivity contribution in [1.29, 1.82) is 0 Å². The van der Waals surface area contributed by atoms with Gasteiger partial charge in [-0.25, -0.2) is 0 Å². The van der Waals surface area contributed by atoms with Gasteiger partial charge in [0, 0.05) is 13.1 Å². The van der Waals surface area contributed by atoms with Crippen LogP contribution in [0.2, 0.25) is 0 Å². The van der Waals surface area contributed by atoms with Crippen molar-refractivity contribution in [2.24, 2.45) is 11.5 Å².